The standard InChI is InChI=1S/C14H18N4/c1-11(15)8-12-9-16-14(17-10-12)18(2)13-6-4-3-5-7-13/h3-7,9-11H,8,15H2,1-2H3. The summed E-state index contributed by atoms with van der Waals surface area (Å²) in [6.07, 6.45) is 4.48. The molecule has 94 valence electrons. The van der Waals surface area contributed by atoms with Crippen LogP contribution in [0.1, 0.15) is 12.5 Å². The van der Waals surface area contributed by atoms with Crippen molar-refractivity contribution in [2.75, 3.05) is 11.9 Å². The van der Waals surface area contributed by atoms with E-state index in [4.69, 9.17) is 5.73 Å². The summed E-state index contributed by atoms with van der Waals surface area (Å²) in [6.45, 7) is 1.98. The molecule has 0 bridgehead atoms. The molecule has 0 aliphatic heterocycles. The maximum absolute atomic E-state index is 5.75. The first kappa shape index (κ1) is 12.5. The van der Waals surface area contributed by atoms with Crippen LogP contribution in [0.15, 0.2) is 42.7 Å². The largest absolute Gasteiger partial charge is 0.328 e. The Bertz CT molecular complexity index is 479. The average molecular weight is 242 g/mol. The van der Waals surface area contributed by atoms with Crippen molar-refractivity contribution >= 4 is 11.6 Å². The Labute approximate surface area is 107 Å². The van der Waals surface area contributed by atoms with Crippen LogP contribution in [0.4, 0.5) is 11.6 Å². The molecule has 4 nitrogen and oxygen atoms in total. The molecule has 0 aliphatic carbocycles. The van der Waals surface area contributed by atoms with Crippen LogP contribution in [0.3, 0.4) is 0 Å². The molecule has 4 heteroatoms. The molecule has 0 saturated heterocycles. The zero-order valence-electron chi connectivity index (χ0n) is 10.7. The molecule has 1 aromatic heterocycles. The third kappa shape index (κ3) is 3.05. The number of hydrogen-bond donors (Lipinski definition) is 1. The van der Waals surface area contributed by atoms with E-state index in [1.165, 1.54) is 0 Å². The second-order valence-electron chi connectivity index (χ2n) is 4.47. The van der Waals surface area contributed by atoms with Gasteiger partial charge in [-0.1, -0.05) is 18.2 Å². The lowest BCUT2D eigenvalue weighted by Crippen LogP contribution is -2.18. The van der Waals surface area contributed by atoms with E-state index < -0.39 is 0 Å². The number of hydrogen-bond acceptors (Lipinski definition) is 4. The summed E-state index contributed by atoms with van der Waals surface area (Å²) in [6, 6.07) is 10.2. The van der Waals surface area contributed by atoms with Crippen molar-refractivity contribution in [2.45, 2.75) is 19.4 Å². The van der Waals surface area contributed by atoms with E-state index in [1.807, 2.05) is 61.6 Å². The van der Waals surface area contributed by atoms with Gasteiger partial charge in [-0.3, -0.25) is 0 Å². The maximum atomic E-state index is 5.75. The van der Waals surface area contributed by atoms with Gasteiger partial charge in [0.2, 0.25) is 5.95 Å². The zero-order valence-corrected chi connectivity index (χ0v) is 10.7. The number of nitrogens with zero attached hydrogens (tertiary/aromatic N) is 3. The number of nitrogens with two attached hydrogens (primary N) is 1. The normalized spacial score (nSPS) is 12.2. The van der Waals surface area contributed by atoms with Gasteiger partial charge in [-0.25, -0.2) is 9.97 Å². The SMILES string of the molecule is CC(N)Cc1cnc(N(C)c2ccccc2)nc1. The van der Waals surface area contributed by atoms with Gasteiger partial charge in [0.05, 0.1) is 0 Å². The highest BCUT2D eigenvalue weighted by molar-refractivity contribution is 5.55. The van der Waals surface area contributed by atoms with Crippen LogP contribution in [-0.4, -0.2) is 23.1 Å². The quantitative estimate of drug-likeness (QED) is 0.892. The first-order valence-corrected chi connectivity index (χ1v) is 6.02. The fraction of sp³-hybridized carbons (Fsp3) is 0.286. The van der Waals surface area contributed by atoms with Gasteiger partial charge >= 0.3 is 0 Å². The summed E-state index contributed by atoms with van der Waals surface area (Å²) in [7, 11) is 1.95. The van der Waals surface area contributed by atoms with Crippen LogP contribution in [0, 0.1) is 0 Å². The van der Waals surface area contributed by atoms with Crippen molar-refractivity contribution in [3.05, 3.63) is 48.3 Å². The summed E-state index contributed by atoms with van der Waals surface area (Å²) in [5.74, 6) is 0.689. The smallest absolute Gasteiger partial charge is 0.229 e. The van der Waals surface area contributed by atoms with Gasteiger partial charge in [0, 0.05) is 31.2 Å². The minimum absolute atomic E-state index is 0.131. The number of para-hydroxylation sites is 1. The Morgan fingerprint density at radius 3 is 2.33 bits per heavy atom. The number of rotatable bonds is 4. The van der Waals surface area contributed by atoms with Gasteiger partial charge in [0.15, 0.2) is 0 Å². The van der Waals surface area contributed by atoms with Crippen LogP contribution >= 0.6 is 0 Å². The van der Waals surface area contributed by atoms with Crippen molar-refractivity contribution < 1.29 is 0 Å². The molecule has 1 aromatic carbocycles. The molecule has 0 amide bonds. The van der Waals surface area contributed by atoms with Crippen LogP contribution in [0.25, 0.3) is 0 Å². The van der Waals surface area contributed by atoms with Crippen LogP contribution in [0.5, 0.6) is 0 Å². The van der Waals surface area contributed by atoms with Gasteiger partial charge in [-0.15, -0.1) is 0 Å². The summed E-state index contributed by atoms with van der Waals surface area (Å²) < 4.78 is 0. The lowest BCUT2D eigenvalue weighted by atomic mass is 10.1. The first-order chi connectivity index (χ1) is 8.66. The van der Waals surface area contributed by atoms with Crippen molar-refractivity contribution in [1.29, 1.82) is 0 Å². The van der Waals surface area contributed by atoms with Crippen molar-refractivity contribution in [3.63, 3.8) is 0 Å². The zero-order chi connectivity index (χ0) is 13.0. The molecule has 18 heavy (non-hydrogen) atoms. The second-order valence-corrected chi connectivity index (χ2v) is 4.47. The van der Waals surface area contributed by atoms with Crippen molar-refractivity contribution in [2.24, 2.45) is 5.73 Å². The molecule has 0 spiro atoms. The third-order valence-corrected chi connectivity index (χ3v) is 2.69. The van der Waals surface area contributed by atoms with Gasteiger partial charge in [0.25, 0.3) is 0 Å². The Balaban J connectivity index is 2.14. The highest BCUT2D eigenvalue weighted by atomic mass is 15.2. The molecule has 2 aromatic rings. The summed E-state index contributed by atoms with van der Waals surface area (Å²) in [5, 5.41) is 0. The second kappa shape index (κ2) is 5.60. The van der Waals surface area contributed by atoms with E-state index in [9.17, 15) is 0 Å². The van der Waals surface area contributed by atoms with E-state index in [0.29, 0.717) is 5.95 Å². The Morgan fingerprint density at radius 2 is 1.78 bits per heavy atom. The highest BCUT2D eigenvalue weighted by Gasteiger charge is 2.06. The number of aromatic nitrogens is 2. The number of anilines is 2. The molecular formula is C14H18N4. The summed E-state index contributed by atoms with van der Waals surface area (Å²) >= 11 is 0. The van der Waals surface area contributed by atoms with Gasteiger partial charge in [0.1, 0.15) is 0 Å². The minimum atomic E-state index is 0.131. The summed E-state index contributed by atoms with van der Waals surface area (Å²) in [5.41, 5.74) is 7.88. The average Bonchev–Trinajstić information content (AvgIpc) is 2.39. The lowest BCUT2D eigenvalue weighted by Gasteiger charge is -2.17. The molecular weight excluding hydrogens is 224 g/mol. The molecule has 2 rings (SSSR count). The third-order valence-electron chi connectivity index (χ3n) is 2.69. The Hall–Kier alpha value is -1.94. The topological polar surface area (TPSA) is 55.0 Å². The van der Waals surface area contributed by atoms with E-state index in [2.05, 4.69) is 9.97 Å². The molecule has 2 N–H and O–H groups in total. The van der Waals surface area contributed by atoms with Gasteiger partial charge in [-0.05, 0) is 31.0 Å². The van der Waals surface area contributed by atoms with Crippen molar-refractivity contribution in [3.8, 4) is 0 Å². The first-order valence-electron chi connectivity index (χ1n) is 6.02. The molecule has 0 radical (unpaired) electrons. The predicted octanol–water partition coefficient (Wildman–Crippen LogP) is 2.13. The molecule has 0 saturated carbocycles. The highest BCUT2D eigenvalue weighted by Crippen LogP contribution is 2.18. The Morgan fingerprint density at radius 1 is 1.17 bits per heavy atom. The fourth-order valence-corrected chi connectivity index (χ4v) is 1.77. The molecule has 1 heterocycles. The maximum Gasteiger partial charge on any atom is 0.229 e. The van der Waals surface area contributed by atoms with Crippen LogP contribution < -0.4 is 10.6 Å². The predicted molar refractivity (Wildman–Crippen MR) is 73.9 cm³/mol. The minimum Gasteiger partial charge on any atom is -0.328 e. The lowest BCUT2D eigenvalue weighted by molar-refractivity contribution is 0.732. The van der Waals surface area contributed by atoms with Crippen LogP contribution in [-0.2, 0) is 6.42 Å². The fourth-order valence-electron chi connectivity index (χ4n) is 1.77. The molecule has 0 aliphatic rings. The van der Waals surface area contributed by atoms with Crippen LogP contribution in [0.2, 0.25) is 0 Å². The van der Waals surface area contributed by atoms with E-state index in [1.54, 1.807) is 0 Å². The monoisotopic (exact) mass is 242 g/mol. The van der Waals surface area contributed by atoms with Crippen molar-refractivity contribution in [1.82, 2.24) is 9.97 Å². The Kier molecular flexibility index (Phi) is 3.89. The molecule has 1 unspecified atom stereocenters. The van der Waals surface area contributed by atoms with Gasteiger partial charge in [-0.2, -0.15) is 0 Å². The molecule has 0 fully saturated rings. The summed E-state index contributed by atoms with van der Waals surface area (Å²) in [4.78, 5) is 10.7. The number of benzene rings is 1. The van der Waals surface area contributed by atoms with E-state index in [-0.39, 0.29) is 6.04 Å². The van der Waals surface area contributed by atoms with Gasteiger partial charge < -0.3 is 10.6 Å². The van der Waals surface area contributed by atoms with E-state index >= 15 is 0 Å². The van der Waals surface area contributed by atoms with E-state index in [0.717, 1.165) is 17.7 Å². The molecule has 1 atom stereocenters.